The largest absolute Gasteiger partial charge is 0.324 e. The predicted octanol–water partition coefficient (Wildman–Crippen LogP) is 4.41. The van der Waals surface area contributed by atoms with Crippen molar-refractivity contribution in [3.05, 3.63) is 51.8 Å². The number of benzene rings is 1. The summed E-state index contributed by atoms with van der Waals surface area (Å²) in [6, 6.07) is 3.91. The molecule has 28 heavy (non-hydrogen) atoms. The monoisotopic (exact) mass is 421 g/mol. The number of allylic oxidation sites excluding steroid dienone is 1. The van der Waals surface area contributed by atoms with E-state index in [0.29, 0.717) is 17.6 Å². The van der Waals surface area contributed by atoms with Gasteiger partial charge in [-0.2, -0.15) is 0 Å². The summed E-state index contributed by atoms with van der Waals surface area (Å²) < 4.78 is 2.00. The average Bonchev–Trinajstić information content (AvgIpc) is 3.32. The number of carbonyl (C=O) groups is 1. The van der Waals surface area contributed by atoms with Gasteiger partial charge < -0.3 is 9.88 Å². The van der Waals surface area contributed by atoms with Crippen LogP contribution < -0.4 is 5.32 Å². The molecule has 1 heterocycles. The number of rotatable bonds is 8. The van der Waals surface area contributed by atoms with E-state index >= 15 is 0 Å². The van der Waals surface area contributed by atoms with Gasteiger partial charge in [-0.25, -0.2) is 0 Å². The lowest BCUT2D eigenvalue weighted by molar-refractivity contribution is -0.384. The van der Waals surface area contributed by atoms with Crippen LogP contribution in [0.1, 0.15) is 37.4 Å². The second-order valence-corrected chi connectivity index (χ2v) is 7.83. The quantitative estimate of drug-likeness (QED) is 0.293. The van der Waals surface area contributed by atoms with Crippen molar-refractivity contribution in [3.63, 3.8) is 0 Å². The predicted molar refractivity (Wildman–Crippen MR) is 109 cm³/mol. The molecule has 1 saturated carbocycles. The summed E-state index contributed by atoms with van der Waals surface area (Å²) in [4.78, 5) is 22.7. The minimum absolute atomic E-state index is 0.0823. The Kier molecular flexibility index (Phi) is 6.69. The summed E-state index contributed by atoms with van der Waals surface area (Å²) in [5, 5.41) is 23.0. The van der Waals surface area contributed by atoms with Gasteiger partial charge in [0, 0.05) is 24.6 Å². The van der Waals surface area contributed by atoms with E-state index in [-0.39, 0.29) is 28.1 Å². The molecular weight excluding hydrogens is 402 g/mol. The SMILES string of the molecule is C=CCn1c(SCC(=O)Nc2cc([N+](=O)[O-])ccc2Cl)nnc1C1CCCC1. The van der Waals surface area contributed by atoms with Crippen LogP contribution >= 0.6 is 23.4 Å². The van der Waals surface area contributed by atoms with Gasteiger partial charge in [-0.15, -0.1) is 16.8 Å². The molecule has 1 aromatic carbocycles. The lowest BCUT2D eigenvalue weighted by Crippen LogP contribution is -2.15. The van der Waals surface area contributed by atoms with E-state index in [1.54, 1.807) is 6.08 Å². The maximum absolute atomic E-state index is 12.3. The molecule has 0 spiro atoms. The van der Waals surface area contributed by atoms with Crippen LogP contribution in [-0.4, -0.2) is 31.3 Å². The number of anilines is 1. The smallest absolute Gasteiger partial charge is 0.271 e. The molecule has 1 amide bonds. The van der Waals surface area contributed by atoms with Crippen LogP contribution in [0, 0.1) is 10.1 Å². The zero-order valence-electron chi connectivity index (χ0n) is 15.1. The van der Waals surface area contributed by atoms with Gasteiger partial charge in [-0.3, -0.25) is 14.9 Å². The molecule has 0 bridgehead atoms. The highest BCUT2D eigenvalue weighted by molar-refractivity contribution is 7.99. The fourth-order valence-electron chi connectivity index (χ4n) is 3.23. The summed E-state index contributed by atoms with van der Waals surface area (Å²) in [6.07, 6.45) is 6.38. The van der Waals surface area contributed by atoms with E-state index in [1.807, 2.05) is 4.57 Å². The molecule has 0 saturated heterocycles. The molecule has 0 unspecified atom stereocenters. The molecule has 1 fully saturated rings. The number of nitro groups is 1. The number of amides is 1. The molecule has 3 rings (SSSR count). The summed E-state index contributed by atoms with van der Waals surface area (Å²) in [5.41, 5.74) is 0.0694. The third kappa shape index (κ3) is 4.71. The van der Waals surface area contributed by atoms with Crippen LogP contribution in [0.3, 0.4) is 0 Å². The van der Waals surface area contributed by atoms with Gasteiger partial charge in [0.05, 0.1) is 21.4 Å². The van der Waals surface area contributed by atoms with Gasteiger partial charge in [-0.1, -0.05) is 42.3 Å². The zero-order valence-corrected chi connectivity index (χ0v) is 16.7. The van der Waals surface area contributed by atoms with E-state index in [1.165, 1.54) is 42.8 Å². The van der Waals surface area contributed by atoms with E-state index in [0.717, 1.165) is 18.7 Å². The normalized spacial score (nSPS) is 14.2. The van der Waals surface area contributed by atoms with E-state index in [4.69, 9.17) is 11.6 Å². The van der Waals surface area contributed by atoms with Crippen molar-refractivity contribution in [2.75, 3.05) is 11.1 Å². The molecule has 0 aliphatic heterocycles. The molecule has 8 nitrogen and oxygen atoms in total. The molecule has 0 atom stereocenters. The van der Waals surface area contributed by atoms with Crippen molar-refractivity contribution in [1.29, 1.82) is 0 Å². The number of aromatic nitrogens is 3. The first kappa shape index (κ1) is 20.3. The first-order valence-corrected chi connectivity index (χ1v) is 10.3. The van der Waals surface area contributed by atoms with Crippen LogP contribution in [0.15, 0.2) is 36.0 Å². The first-order chi connectivity index (χ1) is 13.5. The van der Waals surface area contributed by atoms with Gasteiger partial charge in [0.2, 0.25) is 5.91 Å². The van der Waals surface area contributed by atoms with Crippen LogP contribution in [0.25, 0.3) is 0 Å². The number of halogens is 1. The second-order valence-electron chi connectivity index (χ2n) is 6.48. The van der Waals surface area contributed by atoms with Crippen LogP contribution in [0.5, 0.6) is 0 Å². The highest BCUT2D eigenvalue weighted by atomic mass is 35.5. The minimum atomic E-state index is -0.539. The van der Waals surface area contributed by atoms with Crippen molar-refractivity contribution >= 4 is 40.6 Å². The molecule has 1 aromatic heterocycles. The Morgan fingerprint density at radius 2 is 2.18 bits per heavy atom. The zero-order chi connectivity index (χ0) is 20.1. The number of nitrogens with one attached hydrogen (secondary N) is 1. The van der Waals surface area contributed by atoms with Gasteiger partial charge in [-0.05, 0) is 18.9 Å². The molecular formula is C18H20ClN5O3S. The van der Waals surface area contributed by atoms with E-state index < -0.39 is 4.92 Å². The van der Waals surface area contributed by atoms with Crippen LogP contribution in [0.2, 0.25) is 5.02 Å². The Balaban J connectivity index is 1.67. The number of carbonyl (C=O) groups excluding carboxylic acids is 1. The fraction of sp³-hybridized carbons (Fsp3) is 0.389. The lowest BCUT2D eigenvalue weighted by Gasteiger charge is -2.12. The Morgan fingerprint density at radius 1 is 1.43 bits per heavy atom. The molecule has 1 N–H and O–H groups in total. The van der Waals surface area contributed by atoms with Crippen molar-refractivity contribution in [2.24, 2.45) is 0 Å². The summed E-state index contributed by atoms with van der Waals surface area (Å²) in [7, 11) is 0. The first-order valence-electron chi connectivity index (χ1n) is 8.90. The van der Waals surface area contributed by atoms with Gasteiger partial charge >= 0.3 is 0 Å². The maximum atomic E-state index is 12.3. The summed E-state index contributed by atoms with van der Waals surface area (Å²) >= 11 is 7.29. The summed E-state index contributed by atoms with van der Waals surface area (Å²) in [6.45, 7) is 4.38. The Labute approximate surface area is 171 Å². The number of nitrogens with zero attached hydrogens (tertiary/aromatic N) is 4. The van der Waals surface area contributed by atoms with Gasteiger partial charge in [0.25, 0.3) is 5.69 Å². The Hall–Kier alpha value is -2.39. The number of hydrogen-bond donors (Lipinski definition) is 1. The van der Waals surface area contributed by atoms with Crippen molar-refractivity contribution in [3.8, 4) is 0 Å². The average molecular weight is 422 g/mol. The highest BCUT2D eigenvalue weighted by Gasteiger charge is 2.24. The number of nitro benzene ring substituents is 1. The third-order valence-corrected chi connectivity index (χ3v) is 5.84. The molecule has 1 aliphatic rings. The number of hydrogen-bond acceptors (Lipinski definition) is 6. The summed E-state index contributed by atoms with van der Waals surface area (Å²) in [5.74, 6) is 1.10. The number of thioether (sulfide) groups is 1. The van der Waals surface area contributed by atoms with E-state index in [9.17, 15) is 14.9 Å². The van der Waals surface area contributed by atoms with Crippen LogP contribution in [0.4, 0.5) is 11.4 Å². The van der Waals surface area contributed by atoms with Crippen molar-refractivity contribution in [2.45, 2.75) is 43.3 Å². The molecule has 10 heteroatoms. The highest BCUT2D eigenvalue weighted by Crippen LogP contribution is 2.34. The third-order valence-electron chi connectivity index (χ3n) is 4.54. The van der Waals surface area contributed by atoms with Crippen LogP contribution in [-0.2, 0) is 11.3 Å². The maximum Gasteiger partial charge on any atom is 0.271 e. The number of non-ortho nitro benzene ring substituents is 1. The molecule has 148 valence electrons. The van der Waals surface area contributed by atoms with Gasteiger partial charge in [0.1, 0.15) is 5.82 Å². The second kappa shape index (κ2) is 9.20. The van der Waals surface area contributed by atoms with Crippen molar-refractivity contribution in [1.82, 2.24) is 14.8 Å². The Morgan fingerprint density at radius 3 is 2.86 bits per heavy atom. The minimum Gasteiger partial charge on any atom is -0.324 e. The van der Waals surface area contributed by atoms with Gasteiger partial charge in [0.15, 0.2) is 5.16 Å². The molecule has 1 aliphatic carbocycles. The van der Waals surface area contributed by atoms with Crippen molar-refractivity contribution < 1.29 is 9.72 Å². The molecule has 0 radical (unpaired) electrons. The standard InChI is InChI=1S/C18H20ClN5O3S/c1-2-9-23-17(12-5-3-4-6-12)21-22-18(23)28-11-16(25)20-15-10-13(24(26)27)7-8-14(15)19/h2,7-8,10,12H,1,3-6,9,11H2,(H,20,25). The molecule has 2 aromatic rings. The lowest BCUT2D eigenvalue weighted by atomic mass is 10.1. The fourth-order valence-corrected chi connectivity index (χ4v) is 4.15. The topological polar surface area (TPSA) is 103 Å². The van der Waals surface area contributed by atoms with E-state index in [2.05, 4.69) is 22.1 Å². The Bertz CT molecular complexity index is 895.